The Morgan fingerprint density at radius 3 is 2.96 bits per heavy atom. The number of hydrogen-bond donors (Lipinski definition) is 1. The first kappa shape index (κ1) is 16.4. The third-order valence-electron chi connectivity index (χ3n) is 4.52. The summed E-state index contributed by atoms with van der Waals surface area (Å²) in [6.45, 7) is 6.54. The monoisotopic (exact) mass is 324 g/mol. The molecule has 1 amide bonds. The van der Waals surface area contributed by atoms with Gasteiger partial charge in [0.05, 0.1) is 0 Å². The van der Waals surface area contributed by atoms with Crippen molar-refractivity contribution in [3.05, 3.63) is 53.3 Å². The van der Waals surface area contributed by atoms with Gasteiger partial charge in [-0.1, -0.05) is 31.2 Å². The number of amides is 1. The van der Waals surface area contributed by atoms with Crippen LogP contribution < -0.4 is 5.32 Å². The van der Waals surface area contributed by atoms with Gasteiger partial charge >= 0.3 is 0 Å². The molecule has 1 saturated heterocycles. The number of hydrogen-bond acceptors (Lipinski definition) is 4. The molecule has 1 unspecified atom stereocenters. The minimum absolute atomic E-state index is 0.00268. The van der Waals surface area contributed by atoms with Crippen molar-refractivity contribution in [2.45, 2.75) is 33.2 Å². The Hall–Kier alpha value is -2.43. The van der Waals surface area contributed by atoms with Gasteiger partial charge in [-0.15, -0.1) is 0 Å². The number of anilines is 1. The molecule has 0 aliphatic carbocycles. The highest BCUT2D eigenvalue weighted by molar-refractivity contribution is 5.92. The lowest BCUT2D eigenvalue weighted by atomic mass is 10.00. The maximum atomic E-state index is 12.6. The summed E-state index contributed by atoms with van der Waals surface area (Å²) in [5.74, 6) is 1.06. The molecule has 1 fully saturated rings. The highest BCUT2D eigenvalue weighted by Gasteiger charge is 2.23. The first-order chi connectivity index (χ1) is 11.6. The Morgan fingerprint density at radius 2 is 2.17 bits per heavy atom. The number of carbonyl (C=O) groups excluding carboxylic acids is 1. The van der Waals surface area contributed by atoms with E-state index < -0.39 is 0 Å². The second kappa shape index (κ2) is 7.43. The summed E-state index contributed by atoms with van der Waals surface area (Å²) in [5.41, 5.74) is 2.88. The molecule has 1 aromatic heterocycles. The van der Waals surface area contributed by atoms with E-state index in [1.807, 2.05) is 17.0 Å². The molecule has 2 aromatic rings. The summed E-state index contributed by atoms with van der Waals surface area (Å²) >= 11 is 0. The average molecular weight is 324 g/mol. The summed E-state index contributed by atoms with van der Waals surface area (Å²) in [5, 5.41) is 3.22. The Bertz CT molecular complexity index is 716. The Kier molecular flexibility index (Phi) is 5.08. The molecule has 5 nitrogen and oxygen atoms in total. The van der Waals surface area contributed by atoms with Crippen LogP contribution >= 0.6 is 0 Å². The van der Waals surface area contributed by atoms with Crippen molar-refractivity contribution in [2.24, 2.45) is 5.92 Å². The van der Waals surface area contributed by atoms with Crippen molar-refractivity contribution in [2.75, 3.05) is 18.4 Å². The van der Waals surface area contributed by atoms with Gasteiger partial charge < -0.3 is 10.2 Å². The van der Waals surface area contributed by atoms with Crippen LogP contribution in [0.3, 0.4) is 0 Å². The summed E-state index contributed by atoms with van der Waals surface area (Å²) in [4.78, 5) is 23.2. The van der Waals surface area contributed by atoms with Crippen molar-refractivity contribution in [3.63, 3.8) is 0 Å². The molecule has 3 rings (SSSR count). The van der Waals surface area contributed by atoms with Gasteiger partial charge in [-0.05, 0) is 42.9 Å². The number of nitrogens with one attached hydrogen (secondary N) is 1. The second-order valence-corrected chi connectivity index (χ2v) is 6.54. The Labute approximate surface area is 143 Å². The van der Waals surface area contributed by atoms with E-state index >= 15 is 0 Å². The number of carbonyl (C=O) groups is 1. The first-order valence-electron chi connectivity index (χ1n) is 8.54. The minimum Gasteiger partial charge on any atom is -0.350 e. The van der Waals surface area contributed by atoms with Crippen LogP contribution in [0.15, 0.2) is 36.5 Å². The molecule has 126 valence electrons. The van der Waals surface area contributed by atoms with Crippen LogP contribution in [0.4, 0.5) is 5.95 Å². The molecule has 1 N–H and O–H groups in total. The van der Waals surface area contributed by atoms with Gasteiger partial charge in [0.1, 0.15) is 5.69 Å². The molecule has 24 heavy (non-hydrogen) atoms. The van der Waals surface area contributed by atoms with Gasteiger partial charge in [-0.2, -0.15) is 0 Å². The third-order valence-corrected chi connectivity index (χ3v) is 4.52. The van der Waals surface area contributed by atoms with Crippen molar-refractivity contribution in [3.8, 4) is 0 Å². The highest BCUT2D eigenvalue weighted by Crippen LogP contribution is 2.17. The molecule has 1 aliphatic heterocycles. The van der Waals surface area contributed by atoms with Crippen molar-refractivity contribution < 1.29 is 4.79 Å². The van der Waals surface area contributed by atoms with E-state index in [0.29, 0.717) is 24.1 Å². The minimum atomic E-state index is 0.00268. The maximum Gasteiger partial charge on any atom is 0.272 e. The SMILES string of the molecule is Cc1ccccc1CNc1nccc(C(=O)N2CCCC(C)C2)n1. The van der Waals surface area contributed by atoms with Gasteiger partial charge in [-0.3, -0.25) is 4.79 Å². The summed E-state index contributed by atoms with van der Waals surface area (Å²) in [6.07, 6.45) is 3.90. The van der Waals surface area contributed by atoms with Gasteiger partial charge in [-0.25, -0.2) is 9.97 Å². The van der Waals surface area contributed by atoms with E-state index in [1.54, 1.807) is 12.3 Å². The average Bonchev–Trinajstić information content (AvgIpc) is 2.61. The number of benzene rings is 1. The van der Waals surface area contributed by atoms with Crippen LogP contribution in [-0.2, 0) is 6.54 Å². The zero-order valence-electron chi connectivity index (χ0n) is 14.3. The van der Waals surface area contributed by atoms with E-state index in [0.717, 1.165) is 19.5 Å². The molecule has 0 bridgehead atoms. The van der Waals surface area contributed by atoms with Gasteiger partial charge in [0.2, 0.25) is 5.95 Å². The number of aryl methyl sites for hydroxylation is 1. The fraction of sp³-hybridized carbons (Fsp3) is 0.421. The summed E-state index contributed by atoms with van der Waals surface area (Å²) in [6, 6.07) is 9.89. The van der Waals surface area contributed by atoms with Crippen molar-refractivity contribution >= 4 is 11.9 Å². The highest BCUT2D eigenvalue weighted by atomic mass is 16.2. The lowest BCUT2D eigenvalue weighted by Gasteiger charge is -2.30. The third kappa shape index (κ3) is 3.91. The van der Waals surface area contributed by atoms with Crippen LogP contribution in [0, 0.1) is 12.8 Å². The van der Waals surface area contributed by atoms with E-state index in [9.17, 15) is 4.79 Å². The first-order valence-corrected chi connectivity index (χ1v) is 8.54. The fourth-order valence-corrected chi connectivity index (χ4v) is 3.08. The lowest BCUT2D eigenvalue weighted by molar-refractivity contribution is 0.0677. The fourth-order valence-electron chi connectivity index (χ4n) is 3.08. The normalized spacial score (nSPS) is 17.6. The molecule has 1 aliphatic rings. The van der Waals surface area contributed by atoms with Crippen molar-refractivity contribution in [1.29, 1.82) is 0 Å². The van der Waals surface area contributed by atoms with E-state index in [-0.39, 0.29) is 5.91 Å². The standard InChI is InChI=1S/C19H24N4O/c1-14-6-5-11-23(13-14)18(24)17-9-10-20-19(22-17)21-12-16-8-4-3-7-15(16)2/h3-4,7-10,14H,5-6,11-13H2,1-2H3,(H,20,21,22). The van der Waals surface area contributed by atoms with Crippen LogP contribution in [0.5, 0.6) is 0 Å². The maximum absolute atomic E-state index is 12.6. The molecule has 5 heteroatoms. The van der Waals surface area contributed by atoms with Crippen LogP contribution in [0.25, 0.3) is 0 Å². The number of aromatic nitrogens is 2. The molecule has 2 heterocycles. The van der Waals surface area contributed by atoms with Crippen LogP contribution in [-0.4, -0.2) is 33.9 Å². The molecule has 0 radical (unpaired) electrons. The number of rotatable bonds is 4. The molecule has 0 spiro atoms. The smallest absolute Gasteiger partial charge is 0.272 e. The number of nitrogens with zero attached hydrogens (tertiary/aromatic N) is 3. The van der Waals surface area contributed by atoms with Crippen LogP contribution in [0.2, 0.25) is 0 Å². The number of piperidine rings is 1. The summed E-state index contributed by atoms with van der Waals surface area (Å²) in [7, 11) is 0. The second-order valence-electron chi connectivity index (χ2n) is 6.54. The lowest BCUT2D eigenvalue weighted by Crippen LogP contribution is -2.39. The zero-order chi connectivity index (χ0) is 16.9. The van der Waals surface area contributed by atoms with Gasteiger partial charge in [0, 0.05) is 25.8 Å². The zero-order valence-corrected chi connectivity index (χ0v) is 14.3. The molecule has 1 atom stereocenters. The van der Waals surface area contributed by atoms with E-state index in [1.165, 1.54) is 17.5 Å². The van der Waals surface area contributed by atoms with Gasteiger partial charge in [0.25, 0.3) is 5.91 Å². The Morgan fingerprint density at radius 1 is 1.33 bits per heavy atom. The molecular formula is C19H24N4O. The Balaban J connectivity index is 1.67. The summed E-state index contributed by atoms with van der Waals surface area (Å²) < 4.78 is 0. The van der Waals surface area contributed by atoms with E-state index in [4.69, 9.17) is 0 Å². The topological polar surface area (TPSA) is 58.1 Å². The number of likely N-dealkylation sites (tertiary alicyclic amines) is 1. The van der Waals surface area contributed by atoms with E-state index in [2.05, 4.69) is 41.3 Å². The quantitative estimate of drug-likeness (QED) is 0.938. The van der Waals surface area contributed by atoms with Gasteiger partial charge in [0.15, 0.2) is 0 Å². The van der Waals surface area contributed by atoms with Crippen molar-refractivity contribution in [1.82, 2.24) is 14.9 Å². The molecular weight excluding hydrogens is 300 g/mol. The predicted octanol–water partition coefficient (Wildman–Crippen LogP) is 3.27. The molecule has 0 saturated carbocycles. The largest absolute Gasteiger partial charge is 0.350 e. The van der Waals surface area contributed by atoms with Crippen LogP contribution in [0.1, 0.15) is 41.4 Å². The predicted molar refractivity (Wildman–Crippen MR) is 94.8 cm³/mol. The molecule has 1 aromatic carbocycles.